The Balaban J connectivity index is 2.47. The number of carbonyl (C=O) groups is 1. The van der Waals surface area contributed by atoms with Crippen LogP contribution in [-0.4, -0.2) is 24.9 Å². The molecule has 9 heavy (non-hydrogen) atoms. The maximum Gasteiger partial charge on any atom is 0.407 e. The average Bonchev–Trinajstić information content (AvgIpc) is 2.10. The van der Waals surface area contributed by atoms with E-state index in [1.54, 1.807) is 6.92 Å². The Bertz CT molecular complexity index is 128. The highest BCUT2D eigenvalue weighted by atomic mass is 19.1. The summed E-state index contributed by atoms with van der Waals surface area (Å²) in [5.41, 5.74) is 0. The van der Waals surface area contributed by atoms with Crippen LogP contribution in [0.3, 0.4) is 0 Å². The molecule has 0 spiro atoms. The number of hydrogen-bond donors (Lipinski definition) is 1. The average molecular weight is 133 g/mol. The van der Waals surface area contributed by atoms with Gasteiger partial charge in [-0.05, 0) is 6.92 Å². The minimum absolute atomic E-state index is 0.331. The van der Waals surface area contributed by atoms with Crippen molar-refractivity contribution in [1.82, 2.24) is 5.32 Å². The molecule has 3 nitrogen and oxygen atoms in total. The topological polar surface area (TPSA) is 38.3 Å². The van der Waals surface area contributed by atoms with Gasteiger partial charge in [-0.1, -0.05) is 0 Å². The van der Waals surface area contributed by atoms with Crippen LogP contribution < -0.4 is 5.32 Å². The van der Waals surface area contributed by atoms with E-state index in [1.807, 2.05) is 0 Å². The highest BCUT2D eigenvalue weighted by Gasteiger charge is 2.29. The molecule has 4 heteroatoms. The third kappa shape index (κ3) is 1.12. The maximum absolute atomic E-state index is 11.8. The van der Waals surface area contributed by atoms with E-state index < -0.39 is 18.8 Å². The molecule has 0 radical (unpaired) electrons. The molecule has 0 unspecified atom stereocenters. The SMILES string of the molecule is C[C@H]1OC(=O)N[C@H]1CF. The molecular formula is C5H8FNO2. The van der Waals surface area contributed by atoms with E-state index >= 15 is 0 Å². The van der Waals surface area contributed by atoms with E-state index in [0.717, 1.165) is 0 Å². The lowest BCUT2D eigenvalue weighted by Gasteiger charge is -2.05. The molecule has 1 aliphatic rings. The number of hydrogen-bond acceptors (Lipinski definition) is 2. The summed E-state index contributed by atoms with van der Waals surface area (Å²) in [5, 5.41) is 2.32. The summed E-state index contributed by atoms with van der Waals surface area (Å²) in [6.45, 7) is 1.09. The van der Waals surface area contributed by atoms with Gasteiger partial charge in [-0.25, -0.2) is 9.18 Å². The van der Waals surface area contributed by atoms with Crippen molar-refractivity contribution in [2.75, 3.05) is 6.67 Å². The summed E-state index contributed by atoms with van der Waals surface area (Å²) in [7, 11) is 0. The van der Waals surface area contributed by atoms with E-state index in [4.69, 9.17) is 0 Å². The molecule has 0 aliphatic carbocycles. The first kappa shape index (κ1) is 6.32. The van der Waals surface area contributed by atoms with Crippen molar-refractivity contribution in [3.63, 3.8) is 0 Å². The number of alkyl halides is 1. The number of ether oxygens (including phenoxy) is 1. The summed E-state index contributed by atoms with van der Waals surface area (Å²) in [4.78, 5) is 10.3. The Hall–Kier alpha value is -0.800. The molecule has 1 saturated heterocycles. The van der Waals surface area contributed by atoms with Crippen LogP contribution in [0.15, 0.2) is 0 Å². The van der Waals surface area contributed by atoms with Gasteiger partial charge < -0.3 is 10.1 Å². The lowest BCUT2D eigenvalue weighted by atomic mass is 10.2. The predicted molar refractivity (Wildman–Crippen MR) is 28.8 cm³/mol. The molecule has 52 valence electrons. The molecule has 0 aromatic carbocycles. The monoisotopic (exact) mass is 133 g/mol. The number of halogens is 1. The van der Waals surface area contributed by atoms with Crippen molar-refractivity contribution >= 4 is 6.09 Å². The Morgan fingerprint density at radius 3 is 2.78 bits per heavy atom. The number of nitrogens with one attached hydrogen (secondary N) is 1. The highest BCUT2D eigenvalue weighted by Crippen LogP contribution is 2.07. The second-order valence-electron chi connectivity index (χ2n) is 2.02. The van der Waals surface area contributed by atoms with Crippen molar-refractivity contribution in [2.45, 2.75) is 19.1 Å². The lowest BCUT2D eigenvalue weighted by Crippen LogP contribution is -2.31. The fourth-order valence-electron chi connectivity index (χ4n) is 0.718. The standard InChI is InChI=1S/C5H8FNO2/c1-3-4(2-6)7-5(8)9-3/h3-4H,2H2,1H3,(H,7,8)/t3-,4+/m1/s1. The van der Waals surface area contributed by atoms with Crippen LogP contribution in [0.25, 0.3) is 0 Å². The zero-order valence-electron chi connectivity index (χ0n) is 5.06. The van der Waals surface area contributed by atoms with Gasteiger partial charge in [0.2, 0.25) is 0 Å². The second-order valence-corrected chi connectivity index (χ2v) is 2.02. The van der Waals surface area contributed by atoms with E-state index in [-0.39, 0.29) is 6.10 Å². The van der Waals surface area contributed by atoms with Crippen LogP contribution in [-0.2, 0) is 4.74 Å². The molecule has 0 saturated carbocycles. The number of carbonyl (C=O) groups excluding carboxylic acids is 1. The molecule has 1 N–H and O–H groups in total. The van der Waals surface area contributed by atoms with Gasteiger partial charge in [0.25, 0.3) is 0 Å². The molecule has 1 fully saturated rings. The van der Waals surface area contributed by atoms with Gasteiger partial charge in [-0.15, -0.1) is 0 Å². The van der Waals surface area contributed by atoms with Crippen LogP contribution in [0.2, 0.25) is 0 Å². The molecule has 1 amide bonds. The van der Waals surface area contributed by atoms with E-state index in [1.165, 1.54) is 0 Å². The molecule has 1 heterocycles. The summed E-state index contributed by atoms with van der Waals surface area (Å²) < 4.78 is 16.4. The van der Waals surface area contributed by atoms with Gasteiger partial charge in [0.15, 0.2) is 0 Å². The summed E-state index contributed by atoms with van der Waals surface area (Å²) in [6.07, 6.45) is -0.854. The third-order valence-electron chi connectivity index (χ3n) is 1.33. The van der Waals surface area contributed by atoms with Crippen molar-refractivity contribution in [3.8, 4) is 0 Å². The fourth-order valence-corrected chi connectivity index (χ4v) is 0.718. The molecular weight excluding hydrogens is 125 g/mol. The predicted octanol–water partition coefficient (Wildman–Crippen LogP) is 0.453. The molecule has 0 aromatic heterocycles. The largest absolute Gasteiger partial charge is 0.444 e. The van der Waals surface area contributed by atoms with Crippen LogP contribution >= 0.6 is 0 Å². The van der Waals surface area contributed by atoms with Crippen molar-refractivity contribution in [2.24, 2.45) is 0 Å². The van der Waals surface area contributed by atoms with Gasteiger partial charge in [0.05, 0.1) is 6.04 Å². The summed E-state index contributed by atoms with van der Waals surface area (Å²) in [6, 6.07) is -0.447. The Kier molecular flexibility index (Phi) is 1.55. The van der Waals surface area contributed by atoms with Crippen molar-refractivity contribution in [3.05, 3.63) is 0 Å². The minimum Gasteiger partial charge on any atom is -0.444 e. The zero-order valence-corrected chi connectivity index (χ0v) is 5.06. The van der Waals surface area contributed by atoms with Crippen LogP contribution in [0.5, 0.6) is 0 Å². The Morgan fingerprint density at radius 2 is 2.56 bits per heavy atom. The van der Waals surface area contributed by atoms with Gasteiger partial charge >= 0.3 is 6.09 Å². The van der Waals surface area contributed by atoms with Crippen LogP contribution in [0.4, 0.5) is 9.18 Å². The molecule has 1 aliphatic heterocycles. The zero-order chi connectivity index (χ0) is 6.85. The van der Waals surface area contributed by atoms with Crippen LogP contribution in [0, 0.1) is 0 Å². The molecule has 0 aromatic rings. The molecule has 0 bridgehead atoms. The third-order valence-corrected chi connectivity index (χ3v) is 1.33. The molecule has 1 rings (SSSR count). The van der Waals surface area contributed by atoms with E-state index in [0.29, 0.717) is 0 Å². The number of amides is 1. The Labute approximate surface area is 52.2 Å². The fraction of sp³-hybridized carbons (Fsp3) is 0.800. The minimum atomic E-state index is -0.563. The van der Waals surface area contributed by atoms with E-state index in [2.05, 4.69) is 10.1 Å². The lowest BCUT2D eigenvalue weighted by molar-refractivity contribution is 0.138. The van der Waals surface area contributed by atoms with Gasteiger partial charge in [0.1, 0.15) is 12.8 Å². The maximum atomic E-state index is 11.8. The first-order chi connectivity index (χ1) is 4.24. The van der Waals surface area contributed by atoms with Crippen molar-refractivity contribution < 1.29 is 13.9 Å². The highest BCUT2D eigenvalue weighted by molar-refractivity contribution is 5.70. The number of alkyl carbamates (subject to hydrolysis) is 1. The van der Waals surface area contributed by atoms with Crippen molar-refractivity contribution in [1.29, 1.82) is 0 Å². The smallest absolute Gasteiger partial charge is 0.407 e. The van der Waals surface area contributed by atoms with E-state index in [9.17, 15) is 9.18 Å². The Morgan fingerprint density at radius 1 is 1.89 bits per heavy atom. The quantitative estimate of drug-likeness (QED) is 0.564. The first-order valence-corrected chi connectivity index (χ1v) is 2.77. The number of rotatable bonds is 1. The number of cyclic esters (lactones) is 1. The second kappa shape index (κ2) is 2.21. The van der Waals surface area contributed by atoms with Gasteiger partial charge in [-0.3, -0.25) is 0 Å². The molecule has 2 atom stereocenters. The van der Waals surface area contributed by atoms with Crippen LogP contribution in [0.1, 0.15) is 6.92 Å². The first-order valence-electron chi connectivity index (χ1n) is 2.77. The van der Waals surface area contributed by atoms with Gasteiger partial charge in [0, 0.05) is 0 Å². The summed E-state index contributed by atoms with van der Waals surface area (Å²) >= 11 is 0. The van der Waals surface area contributed by atoms with Gasteiger partial charge in [-0.2, -0.15) is 0 Å². The summed E-state index contributed by atoms with van der Waals surface area (Å²) in [5.74, 6) is 0. The normalized spacial score (nSPS) is 33.8.